The summed E-state index contributed by atoms with van der Waals surface area (Å²) in [6.07, 6.45) is 0. The third kappa shape index (κ3) is 4.65. The van der Waals surface area contributed by atoms with Crippen molar-refractivity contribution >= 4 is 53.3 Å². The number of thiophene rings is 1. The van der Waals surface area contributed by atoms with Crippen molar-refractivity contribution in [2.24, 2.45) is 0 Å². The largest absolute Gasteiger partial charge is 0.308 e. The summed E-state index contributed by atoms with van der Waals surface area (Å²) in [7, 11) is 0. The lowest BCUT2D eigenvalue weighted by molar-refractivity contribution is 1.18. The molecule has 0 saturated carbocycles. The zero-order valence-electron chi connectivity index (χ0n) is 27.0. The predicted molar refractivity (Wildman–Crippen MR) is 211 cm³/mol. The lowest BCUT2D eigenvalue weighted by Gasteiger charge is -2.12. The van der Waals surface area contributed by atoms with Gasteiger partial charge in [0.25, 0.3) is 0 Å². The SMILES string of the molecule is c1ccc(-c2ccc(-c3nc(-c4ccccc4)cc(-c4cccc5c4c4ccccc4n5-c4cccc5c4sc4ccccc45)n3)cc2)cc1. The van der Waals surface area contributed by atoms with Crippen LogP contribution in [0.15, 0.2) is 176 Å². The van der Waals surface area contributed by atoms with Crippen LogP contribution in [0, 0.1) is 0 Å². The number of hydrogen-bond donors (Lipinski definition) is 0. The first-order valence-corrected chi connectivity index (χ1v) is 17.7. The molecular weight excluding hydrogens is 627 g/mol. The normalized spacial score (nSPS) is 11.6. The highest BCUT2D eigenvalue weighted by atomic mass is 32.1. The molecule has 10 aromatic rings. The lowest BCUT2D eigenvalue weighted by atomic mass is 10.0. The number of fused-ring (bicyclic) bond motifs is 6. The van der Waals surface area contributed by atoms with E-state index in [0.717, 1.165) is 33.6 Å². The van der Waals surface area contributed by atoms with E-state index in [1.54, 1.807) is 0 Å². The van der Waals surface area contributed by atoms with Crippen molar-refractivity contribution in [1.29, 1.82) is 0 Å². The molecule has 0 aliphatic rings. The minimum Gasteiger partial charge on any atom is -0.308 e. The van der Waals surface area contributed by atoms with Crippen molar-refractivity contribution in [3.63, 3.8) is 0 Å². The van der Waals surface area contributed by atoms with Gasteiger partial charge in [0.2, 0.25) is 0 Å². The van der Waals surface area contributed by atoms with E-state index in [0.29, 0.717) is 5.82 Å². The van der Waals surface area contributed by atoms with Gasteiger partial charge in [-0.05, 0) is 41.5 Å². The summed E-state index contributed by atoms with van der Waals surface area (Å²) in [6.45, 7) is 0. The lowest BCUT2D eigenvalue weighted by Crippen LogP contribution is -1.97. The van der Waals surface area contributed by atoms with Crippen molar-refractivity contribution < 1.29 is 0 Å². The van der Waals surface area contributed by atoms with Crippen molar-refractivity contribution in [2.75, 3.05) is 0 Å². The molecule has 50 heavy (non-hydrogen) atoms. The van der Waals surface area contributed by atoms with E-state index in [1.807, 2.05) is 23.5 Å². The molecular formula is C46H29N3S. The van der Waals surface area contributed by atoms with Crippen molar-refractivity contribution in [3.05, 3.63) is 176 Å². The van der Waals surface area contributed by atoms with Crippen LogP contribution in [-0.4, -0.2) is 14.5 Å². The molecule has 0 N–H and O–H groups in total. The van der Waals surface area contributed by atoms with Crippen LogP contribution in [0.2, 0.25) is 0 Å². The van der Waals surface area contributed by atoms with Gasteiger partial charge < -0.3 is 4.57 Å². The molecule has 0 spiro atoms. The molecule has 0 fully saturated rings. The van der Waals surface area contributed by atoms with E-state index in [1.165, 1.54) is 53.3 Å². The third-order valence-electron chi connectivity index (χ3n) is 9.64. The van der Waals surface area contributed by atoms with Crippen LogP contribution in [0.3, 0.4) is 0 Å². The van der Waals surface area contributed by atoms with Crippen molar-refractivity contribution in [2.45, 2.75) is 0 Å². The van der Waals surface area contributed by atoms with Gasteiger partial charge in [0.15, 0.2) is 5.82 Å². The predicted octanol–water partition coefficient (Wildman–Crippen LogP) is 12.6. The van der Waals surface area contributed by atoms with E-state index in [9.17, 15) is 0 Å². The van der Waals surface area contributed by atoms with E-state index in [2.05, 4.69) is 168 Å². The van der Waals surface area contributed by atoms with Crippen LogP contribution in [0.5, 0.6) is 0 Å². The average molecular weight is 656 g/mol. The number of nitrogens with zero attached hydrogens (tertiary/aromatic N) is 3. The van der Waals surface area contributed by atoms with E-state index in [-0.39, 0.29) is 0 Å². The maximum Gasteiger partial charge on any atom is 0.160 e. The molecule has 0 saturated heterocycles. The first kappa shape index (κ1) is 28.6. The molecule has 0 atom stereocenters. The van der Waals surface area contributed by atoms with Gasteiger partial charge in [0.1, 0.15) is 0 Å². The van der Waals surface area contributed by atoms with Gasteiger partial charge in [0.05, 0.1) is 32.8 Å². The fraction of sp³-hybridized carbons (Fsp3) is 0. The number of hydrogen-bond acceptors (Lipinski definition) is 3. The van der Waals surface area contributed by atoms with Crippen LogP contribution in [-0.2, 0) is 0 Å². The van der Waals surface area contributed by atoms with Gasteiger partial charge in [-0.1, -0.05) is 146 Å². The fourth-order valence-electron chi connectivity index (χ4n) is 7.31. The van der Waals surface area contributed by atoms with Gasteiger partial charge in [0, 0.05) is 42.9 Å². The summed E-state index contributed by atoms with van der Waals surface area (Å²) in [6, 6.07) is 62.4. The van der Waals surface area contributed by atoms with Gasteiger partial charge >= 0.3 is 0 Å². The Morgan fingerprint density at radius 3 is 1.84 bits per heavy atom. The molecule has 3 nitrogen and oxygen atoms in total. The minimum atomic E-state index is 0.705. The molecule has 0 aliphatic carbocycles. The van der Waals surface area contributed by atoms with Crippen molar-refractivity contribution in [1.82, 2.24) is 14.5 Å². The summed E-state index contributed by atoms with van der Waals surface area (Å²) < 4.78 is 5.03. The molecule has 0 amide bonds. The number of para-hydroxylation sites is 1. The Bertz CT molecular complexity index is 2850. The molecule has 3 aromatic heterocycles. The van der Waals surface area contributed by atoms with Gasteiger partial charge in [-0.2, -0.15) is 0 Å². The number of benzene rings is 7. The molecule has 0 aliphatic heterocycles. The second-order valence-electron chi connectivity index (χ2n) is 12.6. The maximum absolute atomic E-state index is 5.30. The molecule has 0 radical (unpaired) electrons. The third-order valence-corrected chi connectivity index (χ3v) is 10.9. The summed E-state index contributed by atoms with van der Waals surface area (Å²) in [5, 5.41) is 4.97. The van der Waals surface area contributed by atoms with E-state index < -0.39 is 0 Å². The average Bonchev–Trinajstić information content (AvgIpc) is 3.75. The molecule has 0 unspecified atom stereocenters. The number of rotatable bonds is 5. The maximum atomic E-state index is 5.30. The first-order valence-electron chi connectivity index (χ1n) is 16.8. The van der Waals surface area contributed by atoms with Gasteiger partial charge in [-0.15, -0.1) is 11.3 Å². The fourth-order valence-corrected chi connectivity index (χ4v) is 8.52. The molecule has 4 heteroatoms. The summed E-state index contributed by atoms with van der Waals surface area (Å²) in [5.41, 5.74) is 10.8. The zero-order valence-corrected chi connectivity index (χ0v) is 27.8. The highest BCUT2D eigenvalue weighted by molar-refractivity contribution is 7.26. The Morgan fingerprint density at radius 1 is 0.420 bits per heavy atom. The van der Waals surface area contributed by atoms with Crippen LogP contribution in [0.25, 0.3) is 92.7 Å². The van der Waals surface area contributed by atoms with Gasteiger partial charge in [-0.3, -0.25) is 0 Å². The van der Waals surface area contributed by atoms with Gasteiger partial charge in [-0.25, -0.2) is 9.97 Å². The Labute approximate surface area is 293 Å². The first-order chi connectivity index (χ1) is 24.8. The Hall–Kier alpha value is -6.36. The van der Waals surface area contributed by atoms with Crippen LogP contribution < -0.4 is 0 Å². The molecule has 3 heterocycles. The molecule has 0 bridgehead atoms. The van der Waals surface area contributed by atoms with Crippen LogP contribution in [0.4, 0.5) is 0 Å². The van der Waals surface area contributed by atoms with E-state index in [4.69, 9.17) is 9.97 Å². The zero-order chi connectivity index (χ0) is 33.0. The highest BCUT2D eigenvalue weighted by Crippen LogP contribution is 2.43. The summed E-state index contributed by atoms with van der Waals surface area (Å²) in [4.78, 5) is 10.4. The monoisotopic (exact) mass is 655 g/mol. The molecule has 10 rings (SSSR count). The highest BCUT2D eigenvalue weighted by Gasteiger charge is 2.20. The quantitative estimate of drug-likeness (QED) is 0.185. The van der Waals surface area contributed by atoms with Crippen LogP contribution >= 0.6 is 11.3 Å². The smallest absolute Gasteiger partial charge is 0.160 e. The summed E-state index contributed by atoms with van der Waals surface area (Å²) in [5.74, 6) is 0.705. The Balaban J connectivity index is 1.21. The number of aromatic nitrogens is 3. The second-order valence-corrected chi connectivity index (χ2v) is 13.6. The Morgan fingerprint density at radius 2 is 1.02 bits per heavy atom. The summed E-state index contributed by atoms with van der Waals surface area (Å²) >= 11 is 1.86. The topological polar surface area (TPSA) is 30.7 Å². The minimum absolute atomic E-state index is 0.705. The van der Waals surface area contributed by atoms with Crippen molar-refractivity contribution in [3.8, 4) is 50.7 Å². The van der Waals surface area contributed by atoms with E-state index >= 15 is 0 Å². The molecule has 7 aromatic carbocycles. The standard InChI is InChI=1S/C46H29N3S/c1-3-13-30(14-4-1)31-25-27-33(28-26-31)46-47-38(32-15-5-2-6-16-32)29-39(48-46)36-20-12-22-41-44(36)37-18-7-9-21-40(37)49(41)42-23-11-19-35-34-17-8-10-24-43(34)50-45(35)42/h1-29H. The Kier molecular flexibility index (Phi) is 6.68. The second kappa shape index (κ2) is 11.7. The molecule has 234 valence electrons. The van der Waals surface area contributed by atoms with Crippen LogP contribution in [0.1, 0.15) is 0 Å².